The lowest BCUT2D eigenvalue weighted by Crippen LogP contribution is -2.60. The SMILES string of the molecule is CC(=O)N1CC(C)(C)c2nc(C(=O)N3CCNCC3(C)C)ccc21. The van der Waals surface area contributed by atoms with Gasteiger partial charge in [-0.15, -0.1) is 0 Å². The molecule has 2 aliphatic heterocycles. The van der Waals surface area contributed by atoms with Crippen LogP contribution in [0.5, 0.6) is 0 Å². The largest absolute Gasteiger partial charge is 0.330 e. The third kappa shape index (κ3) is 2.69. The van der Waals surface area contributed by atoms with Crippen molar-refractivity contribution in [3.05, 3.63) is 23.5 Å². The number of carbonyl (C=O) groups excluding carboxylic acids is 2. The summed E-state index contributed by atoms with van der Waals surface area (Å²) in [7, 11) is 0. The van der Waals surface area contributed by atoms with E-state index < -0.39 is 0 Å². The molecule has 1 aromatic heterocycles. The number of fused-ring (bicyclic) bond motifs is 1. The van der Waals surface area contributed by atoms with Crippen molar-refractivity contribution >= 4 is 17.5 Å². The van der Waals surface area contributed by atoms with E-state index in [1.807, 2.05) is 11.0 Å². The predicted molar refractivity (Wildman–Crippen MR) is 93.3 cm³/mol. The second-order valence-electron chi connectivity index (χ2n) is 8.00. The highest BCUT2D eigenvalue weighted by molar-refractivity contribution is 5.96. The maximum Gasteiger partial charge on any atom is 0.272 e. The molecule has 0 spiro atoms. The first-order valence-corrected chi connectivity index (χ1v) is 8.46. The second-order valence-corrected chi connectivity index (χ2v) is 8.00. The number of nitrogens with zero attached hydrogens (tertiary/aromatic N) is 3. The maximum absolute atomic E-state index is 13.0. The van der Waals surface area contributed by atoms with Crippen LogP contribution in [0.2, 0.25) is 0 Å². The van der Waals surface area contributed by atoms with Gasteiger partial charge in [0.25, 0.3) is 5.91 Å². The van der Waals surface area contributed by atoms with Gasteiger partial charge in [0.2, 0.25) is 5.91 Å². The van der Waals surface area contributed by atoms with E-state index in [2.05, 4.69) is 38.0 Å². The third-order valence-electron chi connectivity index (χ3n) is 5.00. The predicted octanol–water partition coefficient (Wildman–Crippen LogP) is 1.55. The molecular formula is C18H26N4O2. The van der Waals surface area contributed by atoms with Gasteiger partial charge in [0.1, 0.15) is 5.69 Å². The summed E-state index contributed by atoms with van der Waals surface area (Å²) in [6.07, 6.45) is 0. The number of rotatable bonds is 1. The molecule has 6 nitrogen and oxygen atoms in total. The summed E-state index contributed by atoms with van der Waals surface area (Å²) in [5, 5.41) is 3.33. The zero-order valence-electron chi connectivity index (χ0n) is 15.1. The van der Waals surface area contributed by atoms with Gasteiger partial charge in [0.15, 0.2) is 0 Å². The van der Waals surface area contributed by atoms with Gasteiger partial charge in [-0.25, -0.2) is 4.98 Å². The first kappa shape index (κ1) is 16.9. The molecule has 24 heavy (non-hydrogen) atoms. The van der Waals surface area contributed by atoms with Gasteiger partial charge in [-0.05, 0) is 26.0 Å². The molecule has 3 rings (SSSR count). The van der Waals surface area contributed by atoms with E-state index in [9.17, 15) is 9.59 Å². The molecule has 2 amide bonds. The Hall–Kier alpha value is -1.95. The Labute approximate surface area is 143 Å². The van der Waals surface area contributed by atoms with E-state index in [0.29, 0.717) is 18.8 Å². The number of anilines is 1. The molecule has 0 aliphatic carbocycles. The molecule has 1 saturated heterocycles. The summed E-state index contributed by atoms with van der Waals surface area (Å²) in [5.41, 5.74) is 1.62. The standard InChI is InChI=1S/C18H26N4O2/c1-12(23)21-11-17(2,3)15-14(21)7-6-13(20-15)16(24)22-9-8-19-10-18(22,4)5/h6-7,19H,8-11H2,1-5H3. The average molecular weight is 330 g/mol. The number of nitrogens with one attached hydrogen (secondary N) is 1. The van der Waals surface area contributed by atoms with Crippen molar-refractivity contribution in [3.63, 3.8) is 0 Å². The molecule has 6 heteroatoms. The van der Waals surface area contributed by atoms with Crippen LogP contribution in [-0.4, -0.2) is 53.4 Å². The van der Waals surface area contributed by atoms with Crippen molar-refractivity contribution in [1.29, 1.82) is 0 Å². The van der Waals surface area contributed by atoms with Crippen molar-refractivity contribution in [2.24, 2.45) is 0 Å². The highest BCUT2D eigenvalue weighted by Gasteiger charge is 2.40. The fraction of sp³-hybridized carbons (Fsp3) is 0.611. The van der Waals surface area contributed by atoms with Gasteiger partial charge >= 0.3 is 0 Å². The highest BCUT2D eigenvalue weighted by atomic mass is 16.2. The molecule has 2 aliphatic rings. The molecule has 0 aromatic carbocycles. The van der Waals surface area contributed by atoms with Crippen molar-refractivity contribution in [3.8, 4) is 0 Å². The van der Waals surface area contributed by atoms with E-state index in [-0.39, 0.29) is 22.8 Å². The van der Waals surface area contributed by atoms with Crippen LogP contribution in [0.1, 0.15) is 50.8 Å². The normalized spacial score (nSPS) is 21.5. The zero-order valence-corrected chi connectivity index (χ0v) is 15.1. The van der Waals surface area contributed by atoms with Crippen LogP contribution in [0, 0.1) is 0 Å². The number of piperazine rings is 1. The molecule has 1 fully saturated rings. The van der Waals surface area contributed by atoms with Crippen LogP contribution in [0.25, 0.3) is 0 Å². The minimum absolute atomic E-state index is 0.00550. The van der Waals surface area contributed by atoms with E-state index in [4.69, 9.17) is 0 Å². The van der Waals surface area contributed by atoms with Gasteiger partial charge in [0, 0.05) is 38.5 Å². The van der Waals surface area contributed by atoms with Crippen molar-refractivity contribution in [2.75, 3.05) is 31.1 Å². The van der Waals surface area contributed by atoms with Gasteiger partial charge in [-0.1, -0.05) is 13.8 Å². The Bertz CT molecular complexity index is 696. The number of pyridine rings is 1. The van der Waals surface area contributed by atoms with E-state index in [1.165, 1.54) is 0 Å². The van der Waals surface area contributed by atoms with Gasteiger partial charge in [-0.3, -0.25) is 9.59 Å². The molecule has 130 valence electrons. The minimum atomic E-state index is -0.254. The molecule has 1 N–H and O–H groups in total. The summed E-state index contributed by atoms with van der Waals surface area (Å²) in [6, 6.07) is 3.61. The first-order valence-electron chi connectivity index (χ1n) is 8.46. The summed E-state index contributed by atoms with van der Waals surface area (Å²) >= 11 is 0. The summed E-state index contributed by atoms with van der Waals surface area (Å²) < 4.78 is 0. The molecule has 3 heterocycles. The summed E-state index contributed by atoms with van der Waals surface area (Å²) in [6.45, 7) is 12.6. The quantitative estimate of drug-likeness (QED) is 0.848. The number of hydrogen-bond acceptors (Lipinski definition) is 4. The highest BCUT2D eigenvalue weighted by Crippen LogP contribution is 2.39. The lowest BCUT2D eigenvalue weighted by Gasteiger charge is -2.42. The van der Waals surface area contributed by atoms with Crippen molar-refractivity contribution in [2.45, 2.75) is 45.6 Å². The van der Waals surface area contributed by atoms with E-state index in [0.717, 1.165) is 24.5 Å². The molecule has 0 bridgehead atoms. The van der Waals surface area contributed by atoms with Gasteiger partial charge in [0.05, 0.1) is 16.9 Å². The molecule has 0 radical (unpaired) electrons. The zero-order chi connectivity index (χ0) is 17.7. The van der Waals surface area contributed by atoms with Crippen LogP contribution in [0.3, 0.4) is 0 Å². The van der Waals surface area contributed by atoms with Crippen LogP contribution < -0.4 is 10.2 Å². The Kier molecular flexibility index (Phi) is 3.91. The van der Waals surface area contributed by atoms with Crippen LogP contribution in [0.4, 0.5) is 5.69 Å². The maximum atomic E-state index is 13.0. The Morgan fingerprint density at radius 3 is 2.54 bits per heavy atom. The fourth-order valence-electron chi connectivity index (χ4n) is 3.62. The lowest BCUT2D eigenvalue weighted by molar-refractivity contribution is -0.116. The fourth-order valence-corrected chi connectivity index (χ4v) is 3.62. The molecule has 1 aromatic rings. The number of amides is 2. The first-order chi connectivity index (χ1) is 11.1. The van der Waals surface area contributed by atoms with Crippen molar-refractivity contribution in [1.82, 2.24) is 15.2 Å². The van der Waals surface area contributed by atoms with E-state index >= 15 is 0 Å². The topological polar surface area (TPSA) is 65.5 Å². The second kappa shape index (κ2) is 5.55. The number of carbonyl (C=O) groups is 2. The average Bonchev–Trinajstić information content (AvgIpc) is 2.78. The number of aromatic nitrogens is 1. The van der Waals surface area contributed by atoms with Crippen LogP contribution in [-0.2, 0) is 10.2 Å². The third-order valence-corrected chi connectivity index (χ3v) is 5.00. The van der Waals surface area contributed by atoms with Crippen LogP contribution in [0.15, 0.2) is 12.1 Å². The Balaban J connectivity index is 1.97. The van der Waals surface area contributed by atoms with Gasteiger partial charge in [-0.2, -0.15) is 0 Å². The monoisotopic (exact) mass is 330 g/mol. The summed E-state index contributed by atoms with van der Waals surface area (Å²) in [5.74, 6) is -0.0349. The molecule has 0 saturated carbocycles. The summed E-state index contributed by atoms with van der Waals surface area (Å²) in [4.78, 5) is 33.2. The Morgan fingerprint density at radius 1 is 1.21 bits per heavy atom. The van der Waals surface area contributed by atoms with Gasteiger partial charge < -0.3 is 15.1 Å². The smallest absolute Gasteiger partial charge is 0.272 e. The van der Waals surface area contributed by atoms with E-state index in [1.54, 1.807) is 17.9 Å². The minimum Gasteiger partial charge on any atom is -0.330 e. The van der Waals surface area contributed by atoms with Crippen molar-refractivity contribution < 1.29 is 9.59 Å². The number of hydrogen-bond donors (Lipinski definition) is 1. The molecular weight excluding hydrogens is 304 g/mol. The van der Waals surface area contributed by atoms with Crippen LogP contribution >= 0.6 is 0 Å². The molecule has 0 unspecified atom stereocenters. The lowest BCUT2D eigenvalue weighted by atomic mass is 9.91. The molecule has 0 atom stereocenters. The Morgan fingerprint density at radius 2 is 1.92 bits per heavy atom.